The average Bonchev–Trinajstić information content (AvgIpc) is 2.91. The minimum absolute atomic E-state index is 0.100. The summed E-state index contributed by atoms with van der Waals surface area (Å²) >= 11 is 4.78. The fourth-order valence-corrected chi connectivity index (χ4v) is 3.02. The minimum Gasteiger partial charge on any atom is -0.480 e. The normalized spacial score (nSPS) is 11.7. The maximum absolute atomic E-state index is 11.7. The number of benzene rings is 1. The predicted molar refractivity (Wildman–Crippen MR) is 86.9 cm³/mol. The fraction of sp³-hybridized carbons (Fsp3) is 0.200. The van der Waals surface area contributed by atoms with Gasteiger partial charge >= 0.3 is 12.1 Å². The number of carbonyl (C=O) groups excluding carboxylic acids is 1. The van der Waals surface area contributed by atoms with Crippen LogP contribution in [-0.2, 0) is 22.6 Å². The monoisotopic (exact) mass is 383 g/mol. The summed E-state index contributed by atoms with van der Waals surface area (Å²) in [7, 11) is 0. The van der Waals surface area contributed by atoms with Gasteiger partial charge in [-0.15, -0.1) is 11.3 Å². The van der Waals surface area contributed by atoms with E-state index in [1.165, 1.54) is 11.3 Å². The maximum Gasteiger partial charge on any atom is 0.408 e. The van der Waals surface area contributed by atoms with E-state index in [2.05, 4.69) is 21.2 Å². The molecule has 0 aliphatic heterocycles. The molecule has 1 amide bonds. The van der Waals surface area contributed by atoms with Gasteiger partial charge in [-0.05, 0) is 38.5 Å². The molecule has 1 aromatic heterocycles. The first-order valence-electron chi connectivity index (χ1n) is 6.47. The van der Waals surface area contributed by atoms with Crippen LogP contribution in [0, 0.1) is 0 Å². The second-order valence-electron chi connectivity index (χ2n) is 4.56. The number of carboxylic acid groups (broad SMARTS) is 1. The van der Waals surface area contributed by atoms with E-state index in [1.807, 2.05) is 41.8 Å². The zero-order chi connectivity index (χ0) is 15.9. The van der Waals surface area contributed by atoms with Crippen molar-refractivity contribution in [1.82, 2.24) is 5.32 Å². The Bertz CT molecular complexity index is 644. The smallest absolute Gasteiger partial charge is 0.408 e. The van der Waals surface area contributed by atoms with Gasteiger partial charge in [-0.1, -0.05) is 30.3 Å². The lowest BCUT2D eigenvalue weighted by Gasteiger charge is -2.14. The standard InChI is InChI=1S/C15H14BrNO4S/c16-13-7-11(9-22-13)6-12(14(18)19)17-15(20)21-8-10-4-2-1-3-5-10/h1-5,7,9,12H,6,8H2,(H,17,20)(H,18,19). The van der Waals surface area contributed by atoms with Crippen molar-refractivity contribution in [2.24, 2.45) is 0 Å². The van der Waals surface area contributed by atoms with Crippen LogP contribution in [0.4, 0.5) is 4.79 Å². The quantitative estimate of drug-likeness (QED) is 0.800. The zero-order valence-corrected chi connectivity index (χ0v) is 13.9. The highest BCUT2D eigenvalue weighted by atomic mass is 79.9. The van der Waals surface area contributed by atoms with E-state index < -0.39 is 18.1 Å². The summed E-state index contributed by atoms with van der Waals surface area (Å²) in [6, 6.07) is 10.00. The molecule has 0 aliphatic carbocycles. The van der Waals surface area contributed by atoms with Crippen LogP contribution in [0.3, 0.4) is 0 Å². The molecule has 1 aromatic carbocycles. The van der Waals surface area contributed by atoms with E-state index in [9.17, 15) is 14.7 Å². The molecule has 22 heavy (non-hydrogen) atoms. The fourth-order valence-electron chi connectivity index (χ4n) is 1.80. The van der Waals surface area contributed by atoms with Gasteiger partial charge in [0.05, 0.1) is 3.79 Å². The molecule has 0 bridgehead atoms. The summed E-state index contributed by atoms with van der Waals surface area (Å²) in [5.74, 6) is -1.10. The van der Waals surface area contributed by atoms with E-state index in [0.717, 1.165) is 14.9 Å². The van der Waals surface area contributed by atoms with Gasteiger partial charge in [-0.2, -0.15) is 0 Å². The molecule has 2 N–H and O–H groups in total. The van der Waals surface area contributed by atoms with Gasteiger partial charge in [0.15, 0.2) is 0 Å². The van der Waals surface area contributed by atoms with Crippen molar-refractivity contribution >= 4 is 39.3 Å². The van der Waals surface area contributed by atoms with Crippen molar-refractivity contribution < 1.29 is 19.4 Å². The van der Waals surface area contributed by atoms with Crippen molar-refractivity contribution in [3.8, 4) is 0 Å². The molecule has 2 rings (SSSR count). The van der Waals surface area contributed by atoms with Gasteiger partial charge in [-0.25, -0.2) is 9.59 Å². The molecule has 0 saturated heterocycles. The zero-order valence-electron chi connectivity index (χ0n) is 11.5. The van der Waals surface area contributed by atoms with Crippen molar-refractivity contribution in [3.63, 3.8) is 0 Å². The third kappa shape index (κ3) is 5.16. The molecule has 0 radical (unpaired) electrons. The number of rotatable bonds is 6. The maximum atomic E-state index is 11.7. The molecule has 2 aromatic rings. The second-order valence-corrected chi connectivity index (χ2v) is 6.85. The molecular formula is C15H14BrNO4S. The Hall–Kier alpha value is -1.86. The van der Waals surface area contributed by atoms with E-state index in [4.69, 9.17) is 4.74 Å². The molecule has 5 nitrogen and oxygen atoms in total. The summed E-state index contributed by atoms with van der Waals surface area (Å²) in [6.45, 7) is 0.100. The lowest BCUT2D eigenvalue weighted by atomic mass is 10.1. The number of thiophene rings is 1. The van der Waals surface area contributed by atoms with Crippen molar-refractivity contribution in [3.05, 3.63) is 56.7 Å². The molecule has 1 atom stereocenters. The van der Waals surface area contributed by atoms with Crippen LogP contribution in [0.2, 0.25) is 0 Å². The molecule has 116 valence electrons. The van der Waals surface area contributed by atoms with Crippen LogP contribution in [0.25, 0.3) is 0 Å². The first-order chi connectivity index (χ1) is 10.5. The Morgan fingerprint density at radius 1 is 1.27 bits per heavy atom. The predicted octanol–water partition coefficient (Wildman–Crippen LogP) is 3.43. The van der Waals surface area contributed by atoms with Gasteiger partial charge in [0.25, 0.3) is 0 Å². The number of alkyl carbamates (subject to hydrolysis) is 1. The lowest BCUT2D eigenvalue weighted by Crippen LogP contribution is -2.42. The van der Waals surface area contributed by atoms with Crippen LogP contribution in [-0.4, -0.2) is 23.2 Å². The first kappa shape index (κ1) is 16.5. The molecule has 1 unspecified atom stereocenters. The Morgan fingerprint density at radius 3 is 2.59 bits per heavy atom. The van der Waals surface area contributed by atoms with E-state index >= 15 is 0 Å². The average molecular weight is 384 g/mol. The summed E-state index contributed by atoms with van der Waals surface area (Å²) in [5, 5.41) is 13.4. The Morgan fingerprint density at radius 2 is 2.00 bits per heavy atom. The highest BCUT2D eigenvalue weighted by Crippen LogP contribution is 2.21. The van der Waals surface area contributed by atoms with Crippen LogP contribution >= 0.6 is 27.3 Å². The van der Waals surface area contributed by atoms with Gasteiger partial charge in [-0.3, -0.25) is 0 Å². The summed E-state index contributed by atoms with van der Waals surface area (Å²) < 4.78 is 5.95. The summed E-state index contributed by atoms with van der Waals surface area (Å²) in [4.78, 5) is 23.0. The number of hydrogen-bond acceptors (Lipinski definition) is 4. The Balaban J connectivity index is 1.87. The van der Waals surface area contributed by atoms with Crippen LogP contribution in [0.5, 0.6) is 0 Å². The third-order valence-corrected chi connectivity index (χ3v) is 4.42. The largest absolute Gasteiger partial charge is 0.480 e. The molecule has 0 aliphatic rings. The number of ether oxygens (including phenoxy) is 1. The first-order valence-corrected chi connectivity index (χ1v) is 8.15. The Labute approximate surface area is 140 Å². The number of aliphatic carboxylic acids is 1. The van der Waals surface area contributed by atoms with Crippen LogP contribution in [0.1, 0.15) is 11.1 Å². The number of carboxylic acids is 1. The second kappa shape index (κ2) is 7.95. The molecule has 0 fully saturated rings. The number of amides is 1. The van der Waals surface area contributed by atoms with Crippen molar-refractivity contribution in [1.29, 1.82) is 0 Å². The molecule has 0 saturated carbocycles. The lowest BCUT2D eigenvalue weighted by molar-refractivity contribution is -0.139. The molecular weight excluding hydrogens is 370 g/mol. The van der Waals surface area contributed by atoms with Gasteiger partial charge in [0, 0.05) is 6.42 Å². The molecule has 7 heteroatoms. The number of hydrogen-bond donors (Lipinski definition) is 2. The summed E-state index contributed by atoms with van der Waals surface area (Å²) in [5.41, 5.74) is 1.68. The number of halogens is 1. The molecule has 1 heterocycles. The van der Waals surface area contributed by atoms with E-state index in [1.54, 1.807) is 0 Å². The van der Waals surface area contributed by atoms with Gasteiger partial charge in [0.1, 0.15) is 12.6 Å². The Kier molecular flexibility index (Phi) is 5.97. The molecule has 0 spiro atoms. The summed E-state index contributed by atoms with van der Waals surface area (Å²) in [6.07, 6.45) is -0.539. The highest BCUT2D eigenvalue weighted by molar-refractivity contribution is 9.11. The highest BCUT2D eigenvalue weighted by Gasteiger charge is 2.21. The van der Waals surface area contributed by atoms with Gasteiger partial charge < -0.3 is 15.2 Å². The van der Waals surface area contributed by atoms with E-state index in [0.29, 0.717) is 0 Å². The third-order valence-electron chi connectivity index (χ3n) is 2.86. The minimum atomic E-state index is -1.10. The number of nitrogens with one attached hydrogen (secondary N) is 1. The van der Waals surface area contributed by atoms with E-state index in [-0.39, 0.29) is 13.0 Å². The topological polar surface area (TPSA) is 75.6 Å². The SMILES string of the molecule is O=C(NC(Cc1csc(Br)c1)C(=O)O)OCc1ccccc1. The van der Waals surface area contributed by atoms with Crippen molar-refractivity contribution in [2.75, 3.05) is 0 Å². The van der Waals surface area contributed by atoms with Crippen LogP contribution < -0.4 is 5.32 Å². The van der Waals surface area contributed by atoms with Crippen molar-refractivity contribution in [2.45, 2.75) is 19.1 Å². The van der Waals surface area contributed by atoms with Crippen LogP contribution in [0.15, 0.2) is 45.6 Å². The van der Waals surface area contributed by atoms with Gasteiger partial charge in [0.2, 0.25) is 0 Å². The number of carbonyl (C=O) groups is 2.